The van der Waals surface area contributed by atoms with Gasteiger partial charge in [-0.25, -0.2) is 0 Å². The van der Waals surface area contributed by atoms with Crippen molar-refractivity contribution in [1.82, 2.24) is 19.8 Å². The molecule has 2 unspecified atom stereocenters. The third kappa shape index (κ3) is 13.9. The Balaban J connectivity index is 1.17. The first-order valence-electron chi connectivity index (χ1n) is 20.6. The molecule has 2 aromatic heterocycles. The monoisotopic (exact) mass is 739 g/mol. The highest BCUT2D eigenvalue weighted by Crippen LogP contribution is 2.28. The van der Waals surface area contributed by atoms with E-state index in [2.05, 4.69) is 82.6 Å². The molecule has 294 valence electrons. The van der Waals surface area contributed by atoms with Gasteiger partial charge in [0.2, 0.25) is 11.8 Å². The van der Waals surface area contributed by atoms with E-state index in [1.807, 2.05) is 60.9 Å². The van der Waals surface area contributed by atoms with Gasteiger partial charge < -0.3 is 31.1 Å². The van der Waals surface area contributed by atoms with Crippen LogP contribution < -0.4 is 21.3 Å². The number of carbonyl (C=O) groups is 2. The van der Waals surface area contributed by atoms with Gasteiger partial charge in [-0.2, -0.15) is 0 Å². The van der Waals surface area contributed by atoms with E-state index in [1.165, 1.54) is 0 Å². The number of nitrogens with zero attached hydrogens (tertiary/aromatic N) is 4. The fraction of sp³-hybridized carbons (Fsp3) is 0.545. The molecule has 0 saturated carbocycles. The van der Waals surface area contributed by atoms with Crippen molar-refractivity contribution in [2.45, 2.75) is 118 Å². The van der Waals surface area contributed by atoms with E-state index in [4.69, 9.17) is 0 Å². The molecule has 0 spiro atoms. The standard InChI is InChI=1S/C44H66N8O2/c1-7-51(8-2)29-15-17-33(5)47-41-25-27-45-39-23-21-35(31-37(39)41)49-43(53)19-13-11-12-14-20-44(54)50-36-22-24-40-38(32-36)42(26-28-46-40)48-34(6)18-16-30-52(9-3)10-4/h21-28,31-34H,7-20,29-30H2,1-6H3,(H,45,47)(H,46,48)(H,49,53)(H,50,54). The molecule has 0 aliphatic carbocycles. The highest BCUT2D eigenvalue weighted by molar-refractivity contribution is 5.98. The molecule has 0 aliphatic heterocycles. The van der Waals surface area contributed by atoms with Crippen molar-refractivity contribution < 1.29 is 9.59 Å². The number of hydrogen-bond donors (Lipinski definition) is 4. The summed E-state index contributed by atoms with van der Waals surface area (Å²) in [4.78, 5) is 39.6. The van der Waals surface area contributed by atoms with Crippen molar-refractivity contribution >= 4 is 56.4 Å². The minimum absolute atomic E-state index is 0.00365. The Bertz CT molecular complexity index is 1610. The van der Waals surface area contributed by atoms with Gasteiger partial charge >= 0.3 is 0 Å². The molecule has 2 aromatic carbocycles. The SMILES string of the molecule is CCN(CC)CCCC(C)Nc1ccnc2ccc(NC(=O)CCCCCCC(=O)Nc3ccc4nccc(NC(C)CCCN(CC)CC)c4c3)cc12. The van der Waals surface area contributed by atoms with Crippen LogP contribution in [0.4, 0.5) is 22.7 Å². The maximum absolute atomic E-state index is 12.8. The summed E-state index contributed by atoms with van der Waals surface area (Å²) >= 11 is 0. The van der Waals surface area contributed by atoms with Gasteiger partial charge in [0.25, 0.3) is 0 Å². The Morgan fingerprint density at radius 3 is 1.37 bits per heavy atom. The molecule has 10 heteroatoms. The van der Waals surface area contributed by atoms with Gasteiger partial charge in [0.15, 0.2) is 0 Å². The van der Waals surface area contributed by atoms with Crippen molar-refractivity contribution in [2.75, 3.05) is 60.5 Å². The molecule has 54 heavy (non-hydrogen) atoms. The van der Waals surface area contributed by atoms with Gasteiger partial charge in [-0.3, -0.25) is 19.6 Å². The number of unbranched alkanes of at least 4 members (excludes halogenated alkanes) is 3. The van der Waals surface area contributed by atoms with Crippen LogP contribution in [0.3, 0.4) is 0 Å². The summed E-state index contributed by atoms with van der Waals surface area (Å²) in [5, 5.41) is 15.5. The maximum atomic E-state index is 12.8. The zero-order valence-electron chi connectivity index (χ0n) is 33.8. The number of nitrogens with one attached hydrogen (secondary N) is 4. The lowest BCUT2D eigenvalue weighted by atomic mass is 10.1. The zero-order valence-corrected chi connectivity index (χ0v) is 33.8. The normalized spacial score (nSPS) is 12.7. The van der Waals surface area contributed by atoms with Crippen LogP contribution in [-0.2, 0) is 9.59 Å². The number of anilines is 4. The lowest BCUT2D eigenvalue weighted by molar-refractivity contribution is -0.117. The smallest absolute Gasteiger partial charge is 0.224 e. The molecule has 2 amide bonds. The van der Waals surface area contributed by atoms with Crippen LogP contribution in [0.5, 0.6) is 0 Å². The summed E-state index contributed by atoms with van der Waals surface area (Å²) in [5.41, 5.74) is 5.44. The molecule has 2 atom stereocenters. The largest absolute Gasteiger partial charge is 0.382 e. The van der Waals surface area contributed by atoms with Gasteiger partial charge in [-0.1, -0.05) is 40.5 Å². The number of benzene rings is 2. The molecule has 0 aliphatic rings. The molecular formula is C44H66N8O2. The molecular weight excluding hydrogens is 673 g/mol. The fourth-order valence-electron chi connectivity index (χ4n) is 7.07. The first kappa shape index (κ1) is 42.5. The van der Waals surface area contributed by atoms with Crippen LogP contribution in [0, 0.1) is 0 Å². The first-order chi connectivity index (χ1) is 26.2. The van der Waals surface area contributed by atoms with Crippen molar-refractivity contribution in [2.24, 2.45) is 0 Å². The van der Waals surface area contributed by atoms with E-state index in [1.54, 1.807) is 0 Å². The molecule has 2 heterocycles. The Hall–Kier alpha value is -4.28. The lowest BCUT2D eigenvalue weighted by Gasteiger charge is -2.21. The van der Waals surface area contributed by atoms with E-state index >= 15 is 0 Å². The molecule has 0 radical (unpaired) electrons. The van der Waals surface area contributed by atoms with Crippen molar-refractivity contribution in [1.29, 1.82) is 0 Å². The Morgan fingerprint density at radius 1 is 0.574 bits per heavy atom. The van der Waals surface area contributed by atoms with E-state index in [9.17, 15) is 9.59 Å². The number of carbonyl (C=O) groups excluding carboxylic acids is 2. The fourth-order valence-corrected chi connectivity index (χ4v) is 7.07. The molecule has 0 saturated heterocycles. The minimum Gasteiger partial charge on any atom is -0.382 e. The molecule has 4 rings (SSSR count). The summed E-state index contributed by atoms with van der Waals surface area (Å²) in [7, 11) is 0. The van der Waals surface area contributed by atoms with Crippen molar-refractivity contribution in [3.63, 3.8) is 0 Å². The van der Waals surface area contributed by atoms with Crippen LogP contribution in [0.15, 0.2) is 60.9 Å². The average molecular weight is 739 g/mol. The maximum Gasteiger partial charge on any atom is 0.224 e. The molecule has 10 nitrogen and oxygen atoms in total. The Kier molecular flexibility index (Phi) is 17.9. The number of rotatable bonds is 25. The molecule has 4 N–H and O–H groups in total. The third-order valence-electron chi connectivity index (χ3n) is 10.4. The first-order valence-corrected chi connectivity index (χ1v) is 20.6. The highest BCUT2D eigenvalue weighted by Gasteiger charge is 2.12. The second-order valence-corrected chi connectivity index (χ2v) is 14.6. The number of fused-ring (bicyclic) bond motifs is 2. The van der Waals surface area contributed by atoms with Gasteiger partial charge in [-0.05, 0) is 140 Å². The lowest BCUT2D eigenvalue weighted by Crippen LogP contribution is -2.25. The summed E-state index contributed by atoms with van der Waals surface area (Å²) in [6.07, 6.45) is 12.4. The topological polar surface area (TPSA) is 115 Å². The van der Waals surface area contributed by atoms with E-state index in [-0.39, 0.29) is 11.8 Å². The number of amides is 2. The van der Waals surface area contributed by atoms with Gasteiger partial charge in [0.1, 0.15) is 0 Å². The zero-order chi connectivity index (χ0) is 38.7. The van der Waals surface area contributed by atoms with Crippen molar-refractivity contribution in [3.05, 3.63) is 60.9 Å². The predicted molar refractivity (Wildman–Crippen MR) is 229 cm³/mol. The van der Waals surface area contributed by atoms with E-state index in [0.29, 0.717) is 24.9 Å². The summed E-state index contributed by atoms with van der Waals surface area (Å²) in [6, 6.07) is 16.5. The number of hydrogen-bond acceptors (Lipinski definition) is 8. The second-order valence-electron chi connectivity index (χ2n) is 14.6. The van der Waals surface area contributed by atoms with Gasteiger partial charge in [0.05, 0.1) is 11.0 Å². The highest BCUT2D eigenvalue weighted by atomic mass is 16.2. The van der Waals surface area contributed by atoms with Crippen LogP contribution in [0.1, 0.15) is 106 Å². The summed E-state index contributed by atoms with van der Waals surface area (Å²) < 4.78 is 0. The van der Waals surface area contributed by atoms with Gasteiger partial charge in [-0.15, -0.1) is 0 Å². The van der Waals surface area contributed by atoms with Gasteiger partial charge in [0, 0.05) is 70.8 Å². The Labute approximate surface area is 324 Å². The predicted octanol–water partition coefficient (Wildman–Crippen LogP) is 9.55. The summed E-state index contributed by atoms with van der Waals surface area (Å²) in [6.45, 7) is 19.9. The Morgan fingerprint density at radius 2 is 0.981 bits per heavy atom. The molecule has 0 fully saturated rings. The molecule has 0 bridgehead atoms. The van der Waals surface area contributed by atoms with E-state index in [0.717, 1.165) is 135 Å². The van der Waals surface area contributed by atoms with Crippen LogP contribution in [-0.4, -0.2) is 82.9 Å². The van der Waals surface area contributed by atoms with Crippen LogP contribution in [0.25, 0.3) is 21.8 Å². The quantitative estimate of drug-likeness (QED) is 0.0498. The molecule has 4 aromatic rings. The average Bonchev–Trinajstić information content (AvgIpc) is 3.17. The number of pyridine rings is 2. The van der Waals surface area contributed by atoms with E-state index < -0.39 is 0 Å². The summed E-state index contributed by atoms with van der Waals surface area (Å²) in [5.74, 6) is 0.00730. The third-order valence-corrected chi connectivity index (χ3v) is 10.4. The number of aromatic nitrogens is 2. The van der Waals surface area contributed by atoms with Crippen LogP contribution in [0.2, 0.25) is 0 Å². The van der Waals surface area contributed by atoms with Crippen molar-refractivity contribution in [3.8, 4) is 0 Å². The van der Waals surface area contributed by atoms with Crippen LogP contribution >= 0.6 is 0 Å². The second kappa shape index (κ2) is 22.8. The minimum atomic E-state index is 0.00365.